The van der Waals surface area contributed by atoms with Gasteiger partial charge < -0.3 is 4.90 Å². The van der Waals surface area contributed by atoms with E-state index in [1.54, 1.807) is 42.5 Å². The Kier molecular flexibility index (Phi) is 5.51. The van der Waals surface area contributed by atoms with Gasteiger partial charge in [-0.1, -0.05) is 106 Å². The van der Waals surface area contributed by atoms with E-state index >= 15 is 0 Å². The predicted molar refractivity (Wildman–Crippen MR) is 156 cm³/mol. The Bertz CT molecular complexity index is 1680. The molecule has 1 fully saturated rings. The maximum absolute atomic E-state index is 14.6. The number of fused-ring (bicyclic) bond motifs is 5. The second-order valence-corrected chi connectivity index (χ2v) is 11.5. The number of carbonyl (C=O) groups is 3. The lowest BCUT2D eigenvalue weighted by Gasteiger charge is -2.37. The standard InChI is InChI=1S/C33H21BrClNO3/c34-22-13-10-19(11-14-22)28-29(30(37)20-6-2-1-3-7-20)36-26-16-15-23(35)18-21(26)12-17-27(36)33(28)31(38)24-8-4-5-9-25(24)32(33)39/h1-18,27-29H/t27-,28-,29+/m0/s1. The van der Waals surface area contributed by atoms with Gasteiger partial charge in [0.05, 0.1) is 6.04 Å². The fraction of sp³-hybridized carbons (Fsp3) is 0.121. The minimum absolute atomic E-state index is 0.141. The fourth-order valence-electron chi connectivity index (χ4n) is 6.76. The lowest BCUT2D eigenvalue weighted by molar-refractivity contribution is 0.0666. The maximum atomic E-state index is 14.6. The number of ketones is 3. The van der Waals surface area contributed by atoms with E-state index in [9.17, 15) is 14.4 Å². The third kappa shape index (κ3) is 3.33. The van der Waals surface area contributed by atoms with Crippen LogP contribution in [0.1, 0.15) is 48.1 Å². The molecule has 39 heavy (non-hydrogen) atoms. The van der Waals surface area contributed by atoms with E-state index in [0.29, 0.717) is 21.7 Å². The molecule has 1 saturated heterocycles. The lowest BCUT2D eigenvalue weighted by atomic mass is 9.64. The quantitative estimate of drug-likeness (QED) is 0.183. The number of hydrogen-bond acceptors (Lipinski definition) is 4. The maximum Gasteiger partial charge on any atom is 0.185 e. The Labute approximate surface area is 239 Å². The largest absolute Gasteiger partial charge is 0.352 e. The van der Waals surface area contributed by atoms with Crippen LogP contribution in [0.5, 0.6) is 0 Å². The molecular formula is C33H21BrClNO3. The van der Waals surface area contributed by atoms with Crippen LogP contribution in [-0.4, -0.2) is 29.4 Å². The molecule has 0 saturated carbocycles. The molecule has 0 amide bonds. The van der Waals surface area contributed by atoms with Crippen LogP contribution in [0.15, 0.2) is 108 Å². The number of benzene rings is 4. The second-order valence-electron chi connectivity index (χ2n) is 10.2. The van der Waals surface area contributed by atoms with Crippen LogP contribution in [0.4, 0.5) is 5.69 Å². The zero-order valence-electron chi connectivity index (χ0n) is 20.6. The molecule has 2 heterocycles. The number of hydrogen-bond donors (Lipinski definition) is 0. The highest BCUT2D eigenvalue weighted by Gasteiger charge is 2.71. The summed E-state index contributed by atoms with van der Waals surface area (Å²) in [7, 11) is 0. The van der Waals surface area contributed by atoms with Crippen molar-refractivity contribution in [3.63, 3.8) is 0 Å². The highest BCUT2D eigenvalue weighted by molar-refractivity contribution is 9.10. The van der Waals surface area contributed by atoms with Gasteiger partial charge in [0.25, 0.3) is 0 Å². The molecule has 4 aromatic carbocycles. The molecular weight excluding hydrogens is 574 g/mol. The molecule has 6 heteroatoms. The number of carbonyl (C=O) groups excluding carboxylic acids is 3. The van der Waals surface area contributed by atoms with Gasteiger partial charge in [0.15, 0.2) is 17.3 Å². The third-order valence-electron chi connectivity index (χ3n) is 8.32. The summed E-state index contributed by atoms with van der Waals surface area (Å²) in [4.78, 5) is 45.7. The van der Waals surface area contributed by atoms with E-state index < -0.39 is 23.4 Å². The Morgan fingerprint density at radius 3 is 2.13 bits per heavy atom. The minimum atomic E-state index is -1.51. The molecule has 4 nitrogen and oxygen atoms in total. The van der Waals surface area contributed by atoms with Gasteiger partial charge in [-0.25, -0.2) is 0 Å². The van der Waals surface area contributed by atoms with Gasteiger partial charge >= 0.3 is 0 Å². The van der Waals surface area contributed by atoms with Crippen LogP contribution in [0.2, 0.25) is 5.02 Å². The number of halogens is 2. The first-order chi connectivity index (χ1) is 18.9. The van der Waals surface area contributed by atoms with Crippen molar-refractivity contribution in [1.29, 1.82) is 0 Å². The summed E-state index contributed by atoms with van der Waals surface area (Å²) >= 11 is 9.86. The molecule has 0 unspecified atom stereocenters. The number of Topliss-reactive ketones (excluding diaryl/α,β-unsaturated/α-hetero) is 3. The number of rotatable bonds is 3. The van der Waals surface area contributed by atoms with Crippen molar-refractivity contribution >= 4 is 56.6 Å². The van der Waals surface area contributed by atoms with Gasteiger partial charge in [-0.3, -0.25) is 14.4 Å². The highest BCUT2D eigenvalue weighted by Crippen LogP contribution is 2.61. The second kappa shape index (κ2) is 8.87. The van der Waals surface area contributed by atoms with Crippen LogP contribution in [0, 0.1) is 5.41 Å². The van der Waals surface area contributed by atoms with Gasteiger partial charge in [0.2, 0.25) is 0 Å². The first-order valence-electron chi connectivity index (χ1n) is 12.7. The van der Waals surface area contributed by atoms with Crippen molar-refractivity contribution in [2.75, 3.05) is 4.90 Å². The first-order valence-corrected chi connectivity index (χ1v) is 13.9. The van der Waals surface area contributed by atoms with Crippen molar-refractivity contribution in [1.82, 2.24) is 0 Å². The first kappa shape index (κ1) is 24.3. The van der Waals surface area contributed by atoms with Crippen LogP contribution in [0.3, 0.4) is 0 Å². The molecule has 4 aromatic rings. The molecule has 0 aromatic heterocycles. The van der Waals surface area contributed by atoms with E-state index in [2.05, 4.69) is 15.9 Å². The van der Waals surface area contributed by atoms with E-state index in [1.165, 1.54) is 0 Å². The van der Waals surface area contributed by atoms with E-state index in [1.807, 2.05) is 71.6 Å². The zero-order valence-corrected chi connectivity index (χ0v) is 22.9. The monoisotopic (exact) mass is 593 g/mol. The smallest absolute Gasteiger partial charge is 0.185 e. The fourth-order valence-corrected chi connectivity index (χ4v) is 7.21. The molecule has 0 radical (unpaired) electrons. The minimum Gasteiger partial charge on any atom is -0.352 e. The topological polar surface area (TPSA) is 54.5 Å². The Hall–Kier alpha value is -3.80. The molecule has 0 N–H and O–H groups in total. The lowest BCUT2D eigenvalue weighted by Crippen LogP contribution is -2.48. The molecule has 190 valence electrons. The van der Waals surface area contributed by atoms with Gasteiger partial charge in [-0.05, 0) is 41.5 Å². The number of anilines is 1. The van der Waals surface area contributed by atoms with Gasteiger partial charge in [0, 0.05) is 37.8 Å². The molecule has 1 spiro atoms. The molecule has 2 aliphatic heterocycles. The van der Waals surface area contributed by atoms with Crippen molar-refractivity contribution < 1.29 is 14.4 Å². The Morgan fingerprint density at radius 1 is 0.821 bits per heavy atom. The Morgan fingerprint density at radius 2 is 1.46 bits per heavy atom. The average Bonchev–Trinajstić information content (AvgIpc) is 3.39. The van der Waals surface area contributed by atoms with Crippen LogP contribution in [-0.2, 0) is 0 Å². The van der Waals surface area contributed by atoms with Gasteiger partial charge in [0.1, 0.15) is 11.5 Å². The molecule has 1 aliphatic carbocycles. The van der Waals surface area contributed by atoms with Gasteiger partial charge in [-0.15, -0.1) is 0 Å². The van der Waals surface area contributed by atoms with Gasteiger partial charge in [-0.2, -0.15) is 0 Å². The third-order valence-corrected chi connectivity index (χ3v) is 9.09. The predicted octanol–water partition coefficient (Wildman–Crippen LogP) is 7.42. The Balaban J connectivity index is 1.55. The van der Waals surface area contributed by atoms with E-state index in [0.717, 1.165) is 21.3 Å². The summed E-state index contributed by atoms with van der Waals surface area (Å²) in [5.74, 6) is -1.35. The summed E-state index contributed by atoms with van der Waals surface area (Å²) in [6.07, 6.45) is 3.83. The van der Waals surface area contributed by atoms with Crippen molar-refractivity contribution in [3.05, 3.63) is 140 Å². The zero-order chi connectivity index (χ0) is 26.9. The average molecular weight is 595 g/mol. The highest BCUT2D eigenvalue weighted by atomic mass is 79.9. The van der Waals surface area contributed by atoms with Crippen molar-refractivity contribution in [3.8, 4) is 0 Å². The van der Waals surface area contributed by atoms with E-state index in [4.69, 9.17) is 11.6 Å². The summed E-state index contributed by atoms with van der Waals surface area (Å²) < 4.78 is 0.870. The van der Waals surface area contributed by atoms with Crippen molar-refractivity contribution in [2.24, 2.45) is 5.41 Å². The SMILES string of the molecule is O=C(c1ccccc1)[C@H]1[C@H](c2ccc(Br)cc2)C2(C(=O)c3ccccc3C2=O)[C@@H]2C=Cc3cc(Cl)ccc3N21. The molecule has 7 rings (SSSR count). The van der Waals surface area contributed by atoms with E-state index in [-0.39, 0.29) is 17.3 Å². The van der Waals surface area contributed by atoms with Crippen LogP contribution >= 0.6 is 27.5 Å². The molecule has 3 atom stereocenters. The van der Waals surface area contributed by atoms with Crippen molar-refractivity contribution in [2.45, 2.75) is 18.0 Å². The number of nitrogens with zero attached hydrogens (tertiary/aromatic N) is 1. The molecule has 0 bridgehead atoms. The summed E-state index contributed by atoms with van der Waals surface area (Å²) in [5.41, 5.74) is 2.21. The van der Waals surface area contributed by atoms with Crippen LogP contribution in [0.25, 0.3) is 6.08 Å². The molecule has 3 aliphatic rings. The summed E-state index contributed by atoms with van der Waals surface area (Å²) in [6, 6.07) is 27.8. The normalized spacial score (nSPS) is 22.1. The van der Waals surface area contributed by atoms with Crippen LogP contribution < -0.4 is 4.90 Å². The summed E-state index contributed by atoms with van der Waals surface area (Å²) in [6.45, 7) is 0. The summed E-state index contributed by atoms with van der Waals surface area (Å²) in [5, 5.41) is 0.571.